The van der Waals surface area contributed by atoms with Crippen molar-refractivity contribution in [2.75, 3.05) is 12.4 Å². The SMILES string of the molecule is CC(C)C(CS)COc1cccc(I)c1. The summed E-state index contributed by atoms with van der Waals surface area (Å²) in [6.45, 7) is 5.17. The predicted octanol–water partition coefficient (Wildman–Crippen LogP) is 3.87. The summed E-state index contributed by atoms with van der Waals surface area (Å²) in [5, 5.41) is 0. The van der Waals surface area contributed by atoms with Gasteiger partial charge in [-0.25, -0.2) is 0 Å². The summed E-state index contributed by atoms with van der Waals surface area (Å²) in [5.74, 6) is 2.97. The first kappa shape index (κ1) is 13.2. The van der Waals surface area contributed by atoms with E-state index in [1.54, 1.807) is 0 Å². The third-order valence-electron chi connectivity index (χ3n) is 2.44. The third kappa shape index (κ3) is 4.64. The van der Waals surface area contributed by atoms with Crippen LogP contribution in [0.15, 0.2) is 24.3 Å². The molecule has 1 nitrogen and oxygen atoms in total. The molecule has 15 heavy (non-hydrogen) atoms. The number of rotatable bonds is 5. The van der Waals surface area contributed by atoms with Gasteiger partial charge in [0.1, 0.15) is 5.75 Å². The van der Waals surface area contributed by atoms with Crippen LogP contribution in [-0.2, 0) is 0 Å². The number of hydrogen-bond donors (Lipinski definition) is 1. The van der Waals surface area contributed by atoms with Crippen LogP contribution < -0.4 is 4.74 Å². The molecular formula is C12H17IOS. The maximum Gasteiger partial charge on any atom is 0.120 e. The van der Waals surface area contributed by atoms with Gasteiger partial charge in [-0.3, -0.25) is 0 Å². The third-order valence-corrected chi connectivity index (χ3v) is 3.58. The first-order valence-corrected chi connectivity index (χ1v) is 6.84. The van der Waals surface area contributed by atoms with Crippen molar-refractivity contribution in [3.8, 4) is 5.75 Å². The lowest BCUT2D eigenvalue weighted by molar-refractivity contribution is 0.227. The fourth-order valence-electron chi connectivity index (χ4n) is 1.22. The van der Waals surface area contributed by atoms with E-state index in [0.29, 0.717) is 11.8 Å². The van der Waals surface area contributed by atoms with Crippen LogP contribution in [0.3, 0.4) is 0 Å². The molecule has 0 aromatic heterocycles. The molecule has 0 aliphatic heterocycles. The minimum absolute atomic E-state index is 0.520. The van der Waals surface area contributed by atoms with E-state index in [0.717, 1.165) is 18.1 Å². The normalized spacial score (nSPS) is 12.9. The van der Waals surface area contributed by atoms with Crippen LogP contribution in [0.5, 0.6) is 5.75 Å². The standard InChI is InChI=1S/C12H17IOS/c1-9(2)10(8-15)7-14-12-5-3-4-11(13)6-12/h3-6,9-10,15H,7-8H2,1-2H3. The fraction of sp³-hybridized carbons (Fsp3) is 0.500. The van der Waals surface area contributed by atoms with E-state index < -0.39 is 0 Å². The summed E-state index contributed by atoms with van der Waals surface area (Å²) < 4.78 is 6.95. The van der Waals surface area contributed by atoms with Crippen LogP contribution in [0.2, 0.25) is 0 Å². The Bertz CT molecular complexity index is 301. The van der Waals surface area contributed by atoms with E-state index >= 15 is 0 Å². The van der Waals surface area contributed by atoms with Gasteiger partial charge in [-0.1, -0.05) is 19.9 Å². The zero-order valence-electron chi connectivity index (χ0n) is 9.11. The topological polar surface area (TPSA) is 9.23 Å². The molecule has 1 unspecified atom stereocenters. The van der Waals surface area contributed by atoms with E-state index in [-0.39, 0.29) is 0 Å². The Hall–Kier alpha value is 0.100. The molecule has 0 heterocycles. The second kappa shape index (κ2) is 6.63. The number of benzene rings is 1. The van der Waals surface area contributed by atoms with E-state index in [1.165, 1.54) is 3.57 Å². The Labute approximate surface area is 111 Å². The Morgan fingerprint density at radius 3 is 2.67 bits per heavy atom. The largest absolute Gasteiger partial charge is 0.493 e. The zero-order valence-corrected chi connectivity index (χ0v) is 12.2. The quantitative estimate of drug-likeness (QED) is 0.634. The van der Waals surface area contributed by atoms with Crippen LogP contribution in [0.1, 0.15) is 13.8 Å². The van der Waals surface area contributed by atoms with Gasteiger partial charge in [-0.15, -0.1) is 0 Å². The van der Waals surface area contributed by atoms with Gasteiger partial charge in [0, 0.05) is 9.49 Å². The maximum atomic E-state index is 5.75. The van der Waals surface area contributed by atoms with Crippen molar-refractivity contribution in [2.24, 2.45) is 11.8 Å². The van der Waals surface area contributed by atoms with Gasteiger partial charge >= 0.3 is 0 Å². The number of hydrogen-bond acceptors (Lipinski definition) is 2. The highest BCUT2D eigenvalue weighted by atomic mass is 127. The molecule has 0 radical (unpaired) electrons. The van der Waals surface area contributed by atoms with Crippen LogP contribution in [0.4, 0.5) is 0 Å². The van der Waals surface area contributed by atoms with Crippen LogP contribution in [-0.4, -0.2) is 12.4 Å². The average molecular weight is 336 g/mol. The molecule has 0 saturated heterocycles. The molecule has 0 N–H and O–H groups in total. The summed E-state index contributed by atoms with van der Waals surface area (Å²) in [7, 11) is 0. The average Bonchev–Trinajstić information content (AvgIpc) is 2.18. The molecular weight excluding hydrogens is 319 g/mol. The molecule has 1 aromatic rings. The summed E-state index contributed by atoms with van der Waals surface area (Å²) in [6.07, 6.45) is 0. The smallest absolute Gasteiger partial charge is 0.120 e. The van der Waals surface area contributed by atoms with Gasteiger partial charge in [0.2, 0.25) is 0 Å². The molecule has 1 atom stereocenters. The molecule has 0 aliphatic carbocycles. The summed E-state index contributed by atoms with van der Waals surface area (Å²) in [5.41, 5.74) is 0. The van der Waals surface area contributed by atoms with Crippen molar-refractivity contribution in [1.82, 2.24) is 0 Å². The van der Waals surface area contributed by atoms with Crippen molar-refractivity contribution < 1.29 is 4.74 Å². The monoisotopic (exact) mass is 336 g/mol. The van der Waals surface area contributed by atoms with E-state index in [2.05, 4.69) is 61.2 Å². The van der Waals surface area contributed by atoms with Gasteiger partial charge in [0.15, 0.2) is 0 Å². The van der Waals surface area contributed by atoms with E-state index in [1.807, 2.05) is 12.1 Å². The lowest BCUT2D eigenvalue weighted by atomic mass is 9.99. The molecule has 0 fully saturated rings. The molecule has 0 bridgehead atoms. The van der Waals surface area contributed by atoms with E-state index in [4.69, 9.17) is 4.74 Å². The summed E-state index contributed by atoms with van der Waals surface area (Å²) >= 11 is 6.63. The molecule has 84 valence electrons. The highest BCUT2D eigenvalue weighted by Gasteiger charge is 2.12. The molecule has 1 rings (SSSR count). The first-order valence-electron chi connectivity index (χ1n) is 5.12. The number of halogens is 1. The lowest BCUT2D eigenvalue weighted by Crippen LogP contribution is -2.19. The summed E-state index contributed by atoms with van der Waals surface area (Å²) in [6, 6.07) is 8.13. The van der Waals surface area contributed by atoms with Gasteiger partial charge < -0.3 is 4.74 Å². The Balaban J connectivity index is 2.49. The minimum atomic E-state index is 0.520. The highest BCUT2D eigenvalue weighted by molar-refractivity contribution is 14.1. The fourth-order valence-corrected chi connectivity index (χ4v) is 2.26. The molecule has 1 aromatic carbocycles. The van der Waals surface area contributed by atoms with Crippen molar-refractivity contribution in [1.29, 1.82) is 0 Å². The Morgan fingerprint density at radius 2 is 2.13 bits per heavy atom. The van der Waals surface area contributed by atoms with Crippen molar-refractivity contribution in [2.45, 2.75) is 13.8 Å². The number of ether oxygens (including phenoxy) is 1. The van der Waals surface area contributed by atoms with Crippen molar-refractivity contribution in [3.05, 3.63) is 27.8 Å². The van der Waals surface area contributed by atoms with Crippen LogP contribution in [0.25, 0.3) is 0 Å². The van der Waals surface area contributed by atoms with Gasteiger partial charge in [0.05, 0.1) is 6.61 Å². The van der Waals surface area contributed by atoms with Gasteiger partial charge in [0.25, 0.3) is 0 Å². The van der Waals surface area contributed by atoms with E-state index in [9.17, 15) is 0 Å². The lowest BCUT2D eigenvalue weighted by Gasteiger charge is -2.19. The highest BCUT2D eigenvalue weighted by Crippen LogP contribution is 2.18. The van der Waals surface area contributed by atoms with Crippen LogP contribution >= 0.6 is 35.2 Å². The molecule has 0 amide bonds. The van der Waals surface area contributed by atoms with Crippen molar-refractivity contribution in [3.63, 3.8) is 0 Å². The molecule has 0 spiro atoms. The zero-order chi connectivity index (χ0) is 11.3. The second-order valence-electron chi connectivity index (χ2n) is 3.96. The molecule has 0 saturated carbocycles. The molecule has 0 aliphatic rings. The maximum absolute atomic E-state index is 5.75. The first-order chi connectivity index (χ1) is 7.13. The molecule has 3 heteroatoms. The predicted molar refractivity (Wildman–Crippen MR) is 76.8 cm³/mol. The Morgan fingerprint density at radius 1 is 1.40 bits per heavy atom. The van der Waals surface area contributed by atoms with Crippen molar-refractivity contribution >= 4 is 35.2 Å². The minimum Gasteiger partial charge on any atom is -0.493 e. The van der Waals surface area contributed by atoms with Crippen LogP contribution in [0, 0.1) is 15.4 Å². The van der Waals surface area contributed by atoms with Gasteiger partial charge in [-0.2, -0.15) is 12.6 Å². The van der Waals surface area contributed by atoms with Gasteiger partial charge in [-0.05, 0) is 52.5 Å². The second-order valence-corrected chi connectivity index (χ2v) is 5.57. The Kier molecular flexibility index (Phi) is 5.82. The number of thiol groups is 1. The summed E-state index contributed by atoms with van der Waals surface area (Å²) in [4.78, 5) is 0.